The zero-order valence-electron chi connectivity index (χ0n) is 23.0. The van der Waals surface area contributed by atoms with E-state index in [1.807, 2.05) is 53.1 Å². The minimum Gasteiger partial charge on any atom is -0.488 e. The third-order valence-electron chi connectivity index (χ3n) is 8.23. The number of rotatable bonds is 5. The number of nitrogens with zero attached hydrogens (tertiary/aromatic N) is 2. The number of aromatic nitrogens is 1. The number of aryl methyl sites for hydroxylation is 1. The minimum absolute atomic E-state index is 0.0689. The van der Waals surface area contributed by atoms with Crippen molar-refractivity contribution in [2.75, 3.05) is 0 Å². The summed E-state index contributed by atoms with van der Waals surface area (Å²) in [6, 6.07) is 31.0. The van der Waals surface area contributed by atoms with Crippen LogP contribution in [0.2, 0.25) is 0 Å². The lowest BCUT2D eigenvalue weighted by Gasteiger charge is -2.30. The number of halogens is 1. The number of allylic oxidation sites excluding steroid dienone is 1. The van der Waals surface area contributed by atoms with E-state index in [-0.39, 0.29) is 24.0 Å². The number of hydrogen-bond donors (Lipinski definition) is 0. The average Bonchev–Trinajstić information content (AvgIpc) is 3.68. The van der Waals surface area contributed by atoms with Gasteiger partial charge in [0.15, 0.2) is 4.80 Å². The van der Waals surface area contributed by atoms with Gasteiger partial charge in [0.25, 0.3) is 5.56 Å². The Kier molecular flexibility index (Phi) is 6.42. The van der Waals surface area contributed by atoms with Gasteiger partial charge in [0, 0.05) is 21.6 Å². The van der Waals surface area contributed by atoms with Crippen molar-refractivity contribution in [2.45, 2.75) is 25.5 Å². The number of thiazole rings is 1. The molecule has 1 aliphatic carbocycles. The van der Waals surface area contributed by atoms with Gasteiger partial charge in [-0.2, -0.15) is 0 Å². The fraction of sp³-hybridized carbons (Fsp3) is 0.111. The van der Waals surface area contributed by atoms with Crippen molar-refractivity contribution < 1.29 is 9.13 Å². The fourth-order valence-corrected chi connectivity index (χ4v) is 8.00. The number of benzene rings is 4. The molecule has 0 radical (unpaired) electrons. The first-order valence-electron chi connectivity index (χ1n) is 14.2. The van der Waals surface area contributed by atoms with Gasteiger partial charge in [-0.05, 0) is 64.4 Å². The third kappa shape index (κ3) is 4.47. The van der Waals surface area contributed by atoms with E-state index in [1.54, 1.807) is 29.5 Å². The monoisotopic (exact) mass is 600 g/mol. The predicted octanol–water partition coefficient (Wildman–Crippen LogP) is 7.25. The number of ether oxygens (including phenoxy) is 1. The normalized spacial score (nSPS) is 16.0. The maximum absolute atomic E-state index is 14.4. The lowest BCUT2D eigenvalue weighted by Crippen LogP contribution is -2.38. The second kappa shape index (κ2) is 10.6. The zero-order valence-corrected chi connectivity index (χ0v) is 24.6. The smallest absolute Gasteiger partial charge is 0.271 e. The Bertz CT molecular complexity index is 2250. The van der Waals surface area contributed by atoms with Crippen LogP contribution in [-0.2, 0) is 13.0 Å². The summed E-state index contributed by atoms with van der Waals surface area (Å²) in [5, 5.41) is 4.06. The Morgan fingerprint density at radius 3 is 2.65 bits per heavy atom. The molecule has 8 rings (SSSR count). The molecule has 1 aliphatic heterocycles. The first-order chi connectivity index (χ1) is 21.2. The standard InChI is InChI=1S/C36H25FN2O2S2/c37-29-13-6-3-10-24(29)21-41-30-18-16-22-8-1-4-11-25(22)28(30)20-32-35(40)39-34(31-14-7-19-42-31)27-17-15-23-9-2-5-12-26(23)33(27)38-36(39)43-32/h1-14,16,18-20,34H,15,17,21H2/b32-20+/t34-/m1/s1. The van der Waals surface area contributed by atoms with Crippen molar-refractivity contribution in [1.82, 2.24) is 4.57 Å². The molecule has 4 aromatic carbocycles. The van der Waals surface area contributed by atoms with Crippen molar-refractivity contribution in [3.05, 3.63) is 161 Å². The molecule has 0 fully saturated rings. The van der Waals surface area contributed by atoms with E-state index in [0.29, 0.717) is 20.6 Å². The Labute approximate surface area is 255 Å². The van der Waals surface area contributed by atoms with Crippen LogP contribution in [0.3, 0.4) is 0 Å². The number of thiophene rings is 1. The summed E-state index contributed by atoms with van der Waals surface area (Å²) in [6.45, 7) is 0.0810. The van der Waals surface area contributed by atoms with Gasteiger partial charge in [0.2, 0.25) is 0 Å². The van der Waals surface area contributed by atoms with Crippen LogP contribution in [0.4, 0.5) is 4.39 Å². The summed E-state index contributed by atoms with van der Waals surface area (Å²) in [4.78, 5) is 21.3. The second-order valence-corrected chi connectivity index (χ2v) is 12.7. The summed E-state index contributed by atoms with van der Waals surface area (Å²) in [6.07, 6.45) is 3.71. The van der Waals surface area contributed by atoms with E-state index < -0.39 is 0 Å². The molecule has 0 saturated heterocycles. The van der Waals surface area contributed by atoms with E-state index in [2.05, 4.69) is 35.7 Å². The van der Waals surface area contributed by atoms with Crippen LogP contribution in [0.15, 0.2) is 118 Å². The molecule has 2 aromatic heterocycles. The highest BCUT2D eigenvalue weighted by Crippen LogP contribution is 2.42. The van der Waals surface area contributed by atoms with Gasteiger partial charge >= 0.3 is 0 Å². The lowest BCUT2D eigenvalue weighted by atomic mass is 9.85. The van der Waals surface area contributed by atoms with Crippen molar-refractivity contribution in [3.8, 4) is 5.75 Å². The Morgan fingerprint density at radius 1 is 0.930 bits per heavy atom. The van der Waals surface area contributed by atoms with Crippen molar-refractivity contribution >= 4 is 45.2 Å². The SMILES string of the molecule is O=c1/c(=C\c2c(OCc3ccccc3F)ccc3ccccc23)sc2n1[C@@H](c1cccs1)C1=C(N=2)c2ccccc2CC1. The van der Waals surface area contributed by atoms with Crippen molar-refractivity contribution in [2.24, 2.45) is 4.99 Å². The van der Waals surface area contributed by atoms with Crippen LogP contribution in [0, 0.1) is 5.82 Å². The van der Waals surface area contributed by atoms with Crippen LogP contribution in [0.25, 0.3) is 22.5 Å². The number of hydrogen-bond acceptors (Lipinski definition) is 5. The van der Waals surface area contributed by atoms with Gasteiger partial charge < -0.3 is 4.74 Å². The van der Waals surface area contributed by atoms with Gasteiger partial charge in [-0.1, -0.05) is 90.2 Å². The molecule has 0 saturated carbocycles. The molecule has 210 valence electrons. The first kappa shape index (κ1) is 26.1. The van der Waals surface area contributed by atoms with Crippen LogP contribution in [-0.4, -0.2) is 4.57 Å². The molecular weight excluding hydrogens is 576 g/mol. The molecule has 1 atom stereocenters. The first-order valence-corrected chi connectivity index (χ1v) is 15.9. The van der Waals surface area contributed by atoms with Crippen LogP contribution in [0.1, 0.15) is 39.6 Å². The van der Waals surface area contributed by atoms with E-state index in [1.165, 1.54) is 28.5 Å². The molecule has 3 heterocycles. The van der Waals surface area contributed by atoms with E-state index in [4.69, 9.17) is 9.73 Å². The van der Waals surface area contributed by atoms with Crippen LogP contribution >= 0.6 is 22.7 Å². The summed E-state index contributed by atoms with van der Waals surface area (Å²) < 4.78 is 23.1. The summed E-state index contributed by atoms with van der Waals surface area (Å²) in [5.74, 6) is 0.285. The van der Waals surface area contributed by atoms with Crippen LogP contribution < -0.4 is 19.6 Å². The molecule has 0 amide bonds. The molecule has 7 heteroatoms. The topological polar surface area (TPSA) is 43.6 Å². The highest BCUT2D eigenvalue weighted by Gasteiger charge is 2.33. The van der Waals surface area contributed by atoms with Gasteiger partial charge in [0.1, 0.15) is 18.2 Å². The number of fused-ring (bicyclic) bond motifs is 4. The largest absolute Gasteiger partial charge is 0.488 e. The molecule has 43 heavy (non-hydrogen) atoms. The lowest BCUT2D eigenvalue weighted by molar-refractivity contribution is 0.299. The highest BCUT2D eigenvalue weighted by atomic mass is 32.1. The molecule has 0 N–H and O–H groups in total. The molecule has 4 nitrogen and oxygen atoms in total. The van der Waals surface area contributed by atoms with Crippen molar-refractivity contribution in [3.63, 3.8) is 0 Å². The summed E-state index contributed by atoms with van der Waals surface area (Å²) in [5.41, 5.74) is 5.83. The van der Waals surface area contributed by atoms with E-state index in [0.717, 1.165) is 45.3 Å². The van der Waals surface area contributed by atoms with Gasteiger partial charge in [0.05, 0.1) is 16.3 Å². The van der Waals surface area contributed by atoms with Crippen LogP contribution in [0.5, 0.6) is 5.75 Å². The van der Waals surface area contributed by atoms with Gasteiger partial charge in [-0.25, -0.2) is 9.38 Å². The van der Waals surface area contributed by atoms with Gasteiger partial charge in [-0.3, -0.25) is 9.36 Å². The molecule has 0 unspecified atom stereocenters. The summed E-state index contributed by atoms with van der Waals surface area (Å²) in [7, 11) is 0. The minimum atomic E-state index is -0.308. The Morgan fingerprint density at radius 2 is 1.77 bits per heavy atom. The molecule has 6 aromatic rings. The molecule has 0 spiro atoms. The summed E-state index contributed by atoms with van der Waals surface area (Å²) >= 11 is 3.08. The highest BCUT2D eigenvalue weighted by molar-refractivity contribution is 7.10. The molecule has 0 bridgehead atoms. The van der Waals surface area contributed by atoms with E-state index >= 15 is 0 Å². The van der Waals surface area contributed by atoms with E-state index in [9.17, 15) is 9.18 Å². The Hall–Kier alpha value is -4.59. The quantitative estimate of drug-likeness (QED) is 0.209. The van der Waals surface area contributed by atoms with Crippen molar-refractivity contribution in [1.29, 1.82) is 0 Å². The Balaban J connectivity index is 1.32. The average molecular weight is 601 g/mol. The molecule has 2 aliphatic rings. The maximum Gasteiger partial charge on any atom is 0.271 e. The van der Waals surface area contributed by atoms with Gasteiger partial charge in [-0.15, -0.1) is 11.3 Å². The zero-order chi connectivity index (χ0) is 28.9. The molecular formula is C36H25FN2O2S2. The maximum atomic E-state index is 14.4. The predicted molar refractivity (Wildman–Crippen MR) is 172 cm³/mol. The fourth-order valence-electron chi connectivity index (χ4n) is 6.17. The second-order valence-electron chi connectivity index (χ2n) is 10.7. The third-order valence-corrected chi connectivity index (χ3v) is 10.1.